The monoisotopic (exact) mass is 354 g/mol. The van der Waals surface area contributed by atoms with Gasteiger partial charge in [0.1, 0.15) is 12.4 Å². The summed E-state index contributed by atoms with van der Waals surface area (Å²) in [5.74, 6) is 1.15. The van der Waals surface area contributed by atoms with Gasteiger partial charge < -0.3 is 19.3 Å². The lowest BCUT2D eigenvalue weighted by Gasteiger charge is -2.34. The van der Waals surface area contributed by atoms with Gasteiger partial charge in [-0.25, -0.2) is 4.79 Å². The van der Waals surface area contributed by atoms with Crippen LogP contribution >= 0.6 is 11.6 Å². The molecule has 132 valence electrons. The minimum atomic E-state index is -0.366. The van der Waals surface area contributed by atoms with Gasteiger partial charge in [-0.3, -0.25) is 4.79 Å². The zero-order valence-electron chi connectivity index (χ0n) is 13.9. The minimum Gasteiger partial charge on any atom is -0.494 e. The number of nitrogens with zero attached hydrogens (tertiary/aromatic N) is 2. The van der Waals surface area contributed by atoms with E-state index in [2.05, 4.69) is 0 Å². The van der Waals surface area contributed by atoms with E-state index in [1.165, 1.54) is 0 Å². The fraction of sp³-hybridized carbons (Fsp3) is 0.529. The molecule has 0 N–H and O–H groups in total. The number of hydrogen-bond acceptors (Lipinski definition) is 4. The number of carbonyl (C=O) groups is 2. The van der Waals surface area contributed by atoms with Crippen molar-refractivity contribution in [2.75, 3.05) is 45.3 Å². The smallest absolute Gasteiger partial charge is 0.409 e. The molecule has 0 aliphatic carbocycles. The van der Waals surface area contributed by atoms with Crippen LogP contribution in [0.4, 0.5) is 4.79 Å². The van der Waals surface area contributed by atoms with Gasteiger partial charge in [0, 0.05) is 26.2 Å². The number of carbonyl (C=O) groups excluding carboxylic acids is 2. The maximum atomic E-state index is 12.4. The Hall–Kier alpha value is -1.95. The molecular weight excluding hydrogens is 332 g/mol. The van der Waals surface area contributed by atoms with Crippen LogP contribution < -0.4 is 4.74 Å². The van der Waals surface area contributed by atoms with E-state index in [0.29, 0.717) is 39.2 Å². The van der Waals surface area contributed by atoms with Crippen molar-refractivity contribution < 1.29 is 19.1 Å². The van der Waals surface area contributed by atoms with E-state index < -0.39 is 0 Å². The molecule has 0 radical (unpaired) electrons. The summed E-state index contributed by atoms with van der Waals surface area (Å²) in [6.07, 6.45) is -0.0161. The molecule has 6 nitrogen and oxygen atoms in total. The average Bonchev–Trinajstić information content (AvgIpc) is 2.61. The first-order chi connectivity index (χ1) is 11.6. The van der Waals surface area contributed by atoms with Gasteiger partial charge in [-0.1, -0.05) is 12.1 Å². The third-order valence-corrected chi connectivity index (χ3v) is 3.94. The lowest BCUT2D eigenvalue weighted by molar-refractivity contribution is -0.132. The van der Waals surface area contributed by atoms with Crippen molar-refractivity contribution in [2.24, 2.45) is 0 Å². The van der Waals surface area contributed by atoms with Crippen molar-refractivity contribution in [2.45, 2.75) is 13.3 Å². The molecule has 1 saturated heterocycles. The van der Waals surface area contributed by atoms with Crippen LogP contribution in [0.5, 0.6) is 5.75 Å². The summed E-state index contributed by atoms with van der Waals surface area (Å²) in [7, 11) is 0. The Kier molecular flexibility index (Phi) is 7.18. The molecule has 1 aliphatic rings. The average molecular weight is 355 g/mol. The van der Waals surface area contributed by atoms with E-state index in [1.807, 2.05) is 31.2 Å². The van der Waals surface area contributed by atoms with Crippen LogP contribution in [0.25, 0.3) is 0 Å². The van der Waals surface area contributed by atoms with Gasteiger partial charge in [0.2, 0.25) is 5.91 Å². The first-order valence-corrected chi connectivity index (χ1v) is 8.64. The van der Waals surface area contributed by atoms with E-state index in [9.17, 15) is 9.59 Å². The summed E-state index contributed by atoms with van der Waals surface area (Å²) >= 11 is 5.50. The van der Waals surface area contributed by atoms with Crippen molar-refractivity contribution in [3.05, 3.63) is 29.8 Å². The Balaban J connectivity index is 1.79. The normalized spacial score (nSPS) is 14.4. The van der Waals surface area contributed by atoms with Crippen LogP contribution in [-0.4, -0.2) is 67.1 Å². The predicted octanol–water partition coefficient (Wildman–Crippen LogP) is 2.15. The van der Waals surface area contributed by atoms with Crippen molar-refractivity contribution >= 4 is 23.6 Å². The molecule has 1 fully saturated rings. The van der Waals surface area contributed by atoms with Gasteiger partial charge >= 0.3 is 6.09 Å². The number of halogens is 1. The van der Waals surface area contributed by atoms with Crippen LogP contribution in [0.15, 0.2) is 24.3 Å². The molecule has 24 heavy (non-hydrogen) atoms. The molecule has 2 amide bonds. The molecule has 0 aromatic heterocycles. The van der Waals surface area contributed by atoms with Crippen LogP contribution in [0.3, 0.4) is 0 Å². The molecule has 0 bridgehead atoms. The quantitative estimate of drug-likeness (QED) is 0.734. The number of hydrogen-bond donors (Lipinski definition) is 0. The highest BCUT2D eigenvalue weighted by Crippen LogP contribution is 2.14. The second kappa shape index (κ2) is 9.37. The summed E-state index contributed by atoms with van der Waals surface area (Å²) in [6.45, 7) is 4.76. The highest BCUT2D eigenvalue weighted by atomic mass is 35.5. The summed E-state index contributed by atoms with van der Waals surface area (Å²) < 4.78 is 10.4. The van der Waals surface area contributed by atoms with Gasteiger partial charge in [-0.2, -0.15) is 0 Å². The molecule has 0 spiro atoms. The van der Waals surface area contributed by atoms with Crippen LogP contribution in [0.2, 0.25) is 0 Å². The Morgan fingerprint density at radius 2 is 1.71 bits per heavy atom. The maximum absolute atomic E-state index is 12.4. The number of benzene rings is 1. The maximum Gasteiger partial charge on any atom is 0.409 e. The third kappa shape index (κ3) is 5.30. The van der Waals surface area contributed by atoms with Crippen LogP contribution in [-0.2, 0) is 16.0 Å². The molecular formula is C17H23ClN2O4. The fourth-order valence-corrected chi connectivity index (χ4v) is 2.59. The van der Waals surface area contributed by atoms with Crippen molar-refractivity contribution in [3.63, 3.8) is 0 Å². The summed E-state index contributed by atoms with van der Waals surface area (Å²) in [5, 5.41) is 0. The molecule has 7 heteroatoms. The van der Waals surface area contributed by atoms with Crippen LogP contribution in [0.1, 0.15) is 12.5 Å². The fourth-order valence-electron chi connectivity index (χ4n) is 2.51. The minimum absolute atomic E-state index is 0.0629. The van der Waals surface area contributed by atoms with E-state index in [0.717, 1.165) is 11.3 Å². The van der Waals surface area contributed by atoms with Gasteiger partial charge in [0.25, 0.3) is 0 Å². The zero-order valence-corrected chi connectivity index (χ0v) is 14.6. The number of ether oxygens (including phenoxy) is 2. The number of piperazine rings is 1. The van der Waals surface area contributed by atoms with Gasteiger partial charge in [0.15, 0.2) is 0 Å². The topological polar surface area (TPSA) is 59.1 Å². The first kappa shape index (κ1) is 18.4. The SMILES string of the molecule is CCOc1ccc(CC(=O)N2CCN(C(=O)OCCCl)CC2)cc1. The van der Waals surface area contributed by atoms with Crippen molar-refractivity contribution in [3.8, 4) is 5.75 Å². The third-order valence-electron chi connectivity index (χ3n) is 3.78. The Labute approximate surface area is 147 Å². The lowest BCUT2D eigenvalue weighted by Crippen LogP contribution is -2.51. The summed E-state index contributed by atoms with van der Waals surface area (Å²) in [5.41, 5.74) is 0.951. The molecule has 1 heterocycles. The van der Waals surface area contributed by atoms with Gasteiger partial charge in [0.05, 0.1) is 18.9 Å². The Morgan fingerprint density at radius 1 is 1.08 bits per heavy atom. The molecule has 1 aliphatic heterocycles. The number of rotatable bonds is 6. The van der Waals surface area contributed by atoms with E-state index in [-0.39, 0.29) is 24.5 Å². The highest BCUT2D eigenvalue weighted by molar-refractivity contribution is 6.18. The molecule has 1 aromatic carbocycles. The van der Waals surface area contributed by atoms with Crippen molar-refractivity contribution in [1.82, 2.24) is 9.80 Å². The Morgan fingerprint density at radius 3 is 2.29 bits per heavy atom. The molecule has 0 unspecified atom stereocenters. The van der Waals surface area contributed by atoms with Gasteiger partial charge in [-0.15, -0.1) is 11.6 Å². The largest absolute Gasteiger partial charge is 0.494 e. The molecule has 0 atom stereocenters. The van der Waals surface area contributed by atoms with Gasteiger partial charge in [-0.05, 0) is 24.6 Å². The summed E-state index contributed by atoms with van der Waals surface area (Å²) in [4.78, 5) is 27.5. The second-order valence-corrected chi connectivity index (χ2v) is 5.80. The van der Waals surface area contributed by atoms with E-state index >= 15 is 0 Å². The zero-order chi connectivity index (χ0) is 17.4. The predicted molar refractivity (Wildman–Crippen MR) is 91.5 cm³/mol. The first-order valence-electron chi connectivity index (χ1n) is 8.11. The van der Waals surface area contributed by atoms with Crippen LogP contribution in [0, 0.1) is 0 Å². The Bertz CT molecular complexity index is 542. The van der Waals surface area contributed by atoms with E-state index in [4.69, 9.17) is 21.1 Å². The highest BCUT2D eigenvalue weighted by Gasteiger charge is 2.24. The number of alkyl halides is 1. The molecule has 1 aromatic rings. The standard InChI is InChI=1S/C17H23ClN2O4/c1-2-23-15-5-3-14(4-6-15)13-16(21)19-8-10-20(11-9-19)17(22)24-12-7-18/h3-6H,2,7-13H2,1H3. The molecule has 0 saturated carbocycles. The molecule has 2 rings (SSSR count). The number of amides is 2. The lowest BCUT2D eigenvalue weighted by atomic mass is 10.1. The van der Waals surface area contributed by atoms with Crippen molar-refractivity contribution in [1.29, 1.82) is 0 Å². The second-order valence-electron chi connectivity index (χ2n) is 5.42. The summed E-state index contributed by atoms with van der Waals surface area (Å²) in [6, 6.07) is 7.55. The van der Waals surface area contributed by atoms with E-state index in [1.54, 1.807) is 9.80 Å².